The first-order valence-corrected chi connectivity index (χ1v) is 12.2. The zero-order valence-electron chi connectivity index (χ0n) is 21.6. The molecule has 4 aromatic rings. The van der Waals surface area contributed by atoms with Gasteiger partial charge in [0.1, 0.15) is 17.8 Å². The molecule has 0 unspecified atom stereocenters. The minimum atomic E-state index is -0.744. The molecule has 1 amide bonds. The van der Waals surface area contributed by atoms with Gasteiger partial charge in [0.15, 0.2) is 5.82 Å². The number of hydrogen-bond donors (Lipinski definition) is 0. The summed E-state index contributed by atoms with van der Waals surface area (Å²) in [5.74, 6) is 0.871. The zero-order valence-corrected chi connectivity index (χ0v) is 21.6. The number of esters is 1. The van der Waals surface area contributed by atoms with Gasteiger partial charge in [-0.25, -0.2) is 4.98 Å². The summed E-state index contributed by atoms with van der Waals surface area (Å²) in [5.41, 5.74) is 4.30. The largest absolute Gasteiger partial charge is 0.468 e. The first kappa shape index (κ1) is 24.4. The van der Waals surface area contributed by atoms with Gasteiger partial charge in [-0.05, 0) is 68.1 Å². The van der Waals surface area contributed by atoms with Crippen molar-refractivity contribution in [2.45, 2.75) is 45.7 Å². The van der Waals surface area contributed by atoms with E-state index in [-0.39, 0.29) is 17.9 Å². The molecule has 0 radical (unpaired) electrons. The molecule has 188 valence electrons. The van der Waals surface area contributed by atoms with Gasteiger partial charge >= 0.3 is 5.97 Å². The maximum atomic E-state index is 13.4. The van der Waals surface area contributed by atoms with Crippen LogP contribution in [0.2, 0.25) is 0 Å². The molecule has 2 aromatic heterocycles. The summed E-state index contributed by atoms with van der Waals surface area (Å²) < 4.78 is 6.90. The van der Waals surface area contributed by atoms with Gasteiger partial charge in [0.2, 0.25) is 0 Å². The van der Waals surface area contributed by atoms with E-state index in [1.54, 1.807) is 11.2 Å². The second-order valence-electron chi connectivity index (χ2n) is 9.99. The van der Waals surface area contributed by atoms with Crippen LogP contribution >= 0.6 is 0 Å². The summed E-state index contributed by atoms with van der Waals surface area (Å²) in [4.78, 5) is 32.0. The number of carbonyl (C=O) groups excluding carboxylic acids is 2. The SMILES string of the molecule is COC(=O)C(C)(C)c1ccc(-c2ccc3c(c2)C(=O)N(c2cccc(-c4nncn4C(C)C)n2)C3)cc1. The molecule has 0 fully saturated rings. The quantitative estimate of drug-likeness (QED) is 0.342. The van der Waals surface area contributed by atoms with E-state index >= 15 is 0 Å². The van der Waals surface area contributed by atoms with E-state index in [1.807, 2.05) is 79.1 Å². The summed E-state index contributed by atoms with van der Waals surface area (Å²) in [6.45, 7) is 8.25. The minimum absolute atomic E-state index is 0.0877. The molecule has 37 heavy (non-hydrogen) atoms. The Hall–Kier alpha value is -4.33. The van der Waals surface area contributed by atoms with Gasteiger partial charge < -0.3 is 9.30 Å². The number of aromatic nitrogens is 4. The third kappa shape index (κ3) is 4.28. The van der Waals surface area contributed by atoms with E-state index in [2.05, 4.69) is 24.0 Å². The lowest BCUT2D eigenvalue weighted by Crippen LogP contribution is -2.30. The molecule has 0 atom stereocenters. The standard InChI is InChI=1S/C29H29N5O3/c1-18(2)34-17-30-32-26(34)24-7-6-8-25(31-24)33-16-21-10-9-20(15-23(21)27(33)35)19-11-13-22(14-12-19)29(3,4)28(36)37-5/h6-15,17-18H,16H2,1-5H3. The maximum Gasteiger partial charge on any atom is 0.315 e. The van der Waals surface area contributed by atoms with Gasteiger partial charge in [-0.3, -0.25) is 14.5 Å². The Morgan fingerprint density at radius 2 is 1.76 bits per heavy atom. The lowest BCUT2D eigenvalue weighted by molar-refractivity contribution is -0.146. The van der Waals surface area contributed by atoms with Crippen molar-refractivity contribution in [3.63, 3.8) is 0 Å². The highest BCUT2D eigenvalue weighted by Crippen LogP contribution is 2.33. The molecule has 1 aliphatic rings. The Bertz CT molecular complexity index is 1490. The van der Waals surface area contributed by atoms with Crippen LogP contribution in [0.4, 0.5) is 5.82 Å². The molecule has 1 aliphatic heterocycles. The van der Waals surface area contributed by atoms with Crippen LogP contribution in [0.15, 0.2) is 67.0 Å². The van der Waals surface area contributed by atoms with E-state index in [0.29, 0.717) is 29.4 Å². The molecule has 0 N–H and O–H groups in total. The number of fused-ring (bicyclic) bond motifs is 1. The fourth-order valence-corrected chi connectivity index (χ4v) is 4.62. The van der Waals surface area contributed by atoms with Crippen molar-refractivity contribution in [3.05, 3.63) is 83.7 Å². The Labute approximate surface area is 215 Å². The van der Waals surface area contributed by atoms with Crippen LogP contribution in [0.1, 0.15) is 55.2 Å². The number of carbonyl (C=O) groups is 2. The fraction of sp³-hybridized carbons (Fsp3) is 0.276. The molecule has 8 heteroatoms. The Balaban J connectivity index is 1.41. The Morgan fingerprint density at radius 3 is 2.46 bits per heavy atom. The molecular weight excluding hydrogens is 466 g/mol. The number of pyridine rings is 1. The van der Waals surface area contributed by atoms with Gasteiger partial charge in [0.25, 0.3) is 5.91 Å². The molecule has 5 rings (SSSR count). The maximum absolute atomic E-state index is 13.4. The van der Waals surface area contributed by atoms with Gasteiger partial charge in [0.05, 0.1) is 19.1 Å². The predicted molar refractivity (Wildman–Crippen MR) is 141 cm³/mol. The molecule has 2 aromatic carbocycles. The molecule has 0 spiro atoms. The summed E-state index contributed by atoms with van der Waals surface area (Å²) in [5, 5.41) is 8.27. The average Bonchev–Trinajstić information content (AvgIpc) is 3.53. The van der Waals surface area contributed by atoms with Crippen LogP contribution < -0.4 is 4.90 Å². The van der Waals surface area contributed by atoms with Gasteiger partial charge in [-0.15, -0.1) is 10.2 Å². The third-order valence-electron chi connectivity index (χ3n) is 6.92. The lowest BCUT2D eigenvalue weighted by atomic mass is 9.84. The van der Waals surface area contributed by atoms with Crippen molar-refractivity contribution in [2.24, 2.45) is 0 Å². The van der Waals surface area contributed by atoms with Gasteiger partial charge in [-0.1, -0.05) is 42.5 Å². The second kappa shape index (κ2) is 9.28. The van der Waals surface area contributed by atoms with Crippen molar-refractivity contribution >= 4 is 17.7 Å². The van der Waals surface area contributed by atoms with Crippen molar-refractivity contribution in [2.75, 3.05) is 12.0 Å². The molecule has 8 nitrogen and oxygen atoms in total. The van der Waals surface area contributed by atoms with Crippen LogP contribution in [0.5, 0.6) is 0 Å². The fourth-order valence-electron chi connectivity index (χ4n) is 4.62. The molecule has 3 heterocycles. The number of rotatable bonds is 6. The van der Waals surface area contributed by atoms with Crippen molar-refractivity contribution in [1.29, 1.82) is 0 Å². The van der Waals surface area contributed by atoms with E-state index in [1.165, 1.54) is 7.11 Å². The number of methoxy groups -OCH3 is 1. The second-order valence-corrected chi connectivity index (χ2v) is 9.99. The summed E-state index contributed by atoms with van der Waals surface area (Å²) >= 11 is 0. The average molecular weight is 496 g/mol. The van der Waals surface area contributed by atoms with Gasteiger partial charge in [0, 0.05) is 11.6 Å². The lowest BCUT2D eigenvalue weighted by Gasteiger charge is -2.22. The number of hydrogen-bond acceptors (Lipinski definition) is 6. The van der Waals surface area contributed by atoms with Crippen LogP contribution in [-0.2, 0) is 21.5 Å². The highest BCUT2D eigenvalue weighted by molar-refractivity contribution is 6.10. The molecule has 0 saturated carbocycles. The topological polar surface area (TPSA) is 90.2 Å². The number of amides is 1. The van der Waals surface area contributed by atoms with Crippen LogP contribution in [-0.4, -0.2) is 38.7 Å². The number of anilines is 1. The van der Waals surface area contributed by atoms with Crippen molar-refractivity contribution in [1.82, 2.24) is 19.7 Å². The Morgan fingerprint density at radius 1 is 1.03 bits per heavy atom. The van der Waals surface area contributed by atoms with E-state index in [4.69, 9.17) is 9.72 Å². The third-order valence-corrected chi connectivity index (χ3v) is 6.92. The van der Waals surface area contributed by atoms with Crippen LogP contribution in [0, 0.1) is 0 Å². The first-order chi connectivity index (χ1) is 17.7. The summed E-state index contributed by atoms with van der Waals surface area (Å²) in [6.07, 6.45) is 1.69. The zero-order chi connectivity index (χ0) is 26.3. The van der Waals surface area contributed by atoms with Crippen LogP contribution in [0.3, 0.4) is 0 Å². The van der Waals surface area contributed by atoms with Crippen molar-refractivity contribution < 1.29 is 14.3 Å². The predicted octanol–water partition coefficient (Wildman–Crippen LogP) is 5.20. The number of ether oxygens (including phenoxy) is 1. The molecular formula is C29H29N5O3. The molecule has 0 saturated heterocycles. The summed E-state index contributed by atoms with van der Waals surface area (Å²) in [7, 11) is 1.40. The normalized spacial score (nSPS) is 13.2. The highest BCUT2D eigenvalue weighted by Gasteiger charge is 2.32. The monoisotopic (exact) mass is 495 g/mol. The Kier molecular flexibility index (Phi) is 6.11. The van der Waals surface area contributed by atoms with Crippen LogP contribution in [0.25, 0.3) is 22.6 Å². The van der Waals surface area contributed by atoms with Gasteiger partial charge in [-0.2, -0.15) is 0 Å². The number of nitrogens with zero attached hydrogens (tertiary/aromatic N) is 5. The molecule has 0 bridgehead atoms. The smallest absolute Gasteiger partial charge is 0.315 e. The first-order valence-electron chi connectivity index (χ1n) is 12.2. The number of benzene rings is 2. The van der Waals surface area contributed by atoms with E-state index in [9.17, 15) is 9.59 Å². The minimum Gasteiger partial charge on any atom is -0.468 e. The molecule has 0 aliphatic carbocycles. The summed E-state index contributed by atoms with van der Waals surface area (Å²) in [6, 6.07) is 19.5. The van der Waals surface area contributed by atoms with E-state index < -0.39 is 5.41 Å². The van der Waals surface area contributed by atoms with E-state index in [0.717, 1.165) is 22.3 Å². The van der Waals surface area contributed by atoms with Crippen molar-refractivity contribution in [3.8, 4) is 22.6 Å². The highest BCUT2D eigenvalue weighted by atomic mass is 16.5.